The third-order valence-electron chi connectivity index (χ3n) is 3.71. The molecule has 0 radical (unpaired) electrons. The Morgan fingerprint density at radius 2 is 2.37 bits per heavy atom. The van der Waals surface area contributed by atoms with E-state index in [1.54, 1.807) is 0 Å². The third kappa shape index (κ3) is 4.56. The van der Waals surface area contributed by atoms with Crippen LogP contribution in [0.3, 0.4) is 0 Å². The number of likely N-dealkylation sites (N-methyl/N-ethyl adjacent to an activating group) is 1. The fraction of sp³-hybridized carbons (Fsp3) is 0.846. The molecule has 1 atom stereocenters. The average Bonchev–Trinajstić information content (AvgIpc) is 2.97. The molecule has 1 N–H and O–H groups in total. The lowest BCUT2D eigenvalue weighted by Gasteiger charge is -2.20. The molecule has 1 saturated heterocycles. The lowest BCUT2D eigenvalue weighted by atomic mass is 10.1. The van der Waals surface area contributed by atoms with Crippen LogP contribution in [-0.2, 0) is 13.1 Å². The zero-order valence-corrected chi connectivity index (χ0v) is 12.3. The molecule has 0 bridgehead atoms. The van der Waals surface area contributed by atoms with E-state index in [9.17, 15) is 0 Å². The number of aromatic nitrogens is 3. The van der Waals surface area contributed by atoms with Crippen LogP contribution in [0.4, 0.5) is 0 Å². The summed E-state index contributed by atoms with van der Waals surface area (Å²) in [5, 5.41) is 11.3. The first-order valence-electron chi connectivity index (χ1n) is 7.08. The van der Waals surface area contributed by atoms with Crippen LogP contribution in [0.1, 0.15) is 12.1 Å². The van der Waals surface area contributed by atoms with Crippen molar-refractivity contribution in [3.8, 4) is 0 Å². The smallest absolute Gasteiger partial charge is 0.0964 e. The van der Waals surface area contributed by atoms with Gasteiger partial charge in [-0.2, -0.15) is 0 Å². The number of rotatable bonds is 7. The summed E-state index contributed by atoms with van der Waals surface area (Å²) in [6.07, 6.45) is 3.35. The predicted molar refractivity (Wildman–Crippen MR) is 75.9 cm³/mol. The molecule has 108 valence electrons. The molecule has 1 aliphatic heterocycles. The van der Waals surface area contributed by atoms with Gasteiger partial charge in [-0.05, 0) is 40.0 Å². The Hall–Kier alpha value is -0.980. The summed E-state index contributed by atoms with van der Waals surface area (Å²) < 4.78 is 1.93. The minimum absolute atomic E-state index is 0.782. The largest absolute Gasteiger partial charge is 0.314 e. The van der Waals surface area contributed by atoms with Crippen LogP contribution in [0.25, 0.3) is 0 Å². The summed E-state index contributed by atoms with van der Waals surface area (Å²) in [6, 6.07) is 0. The van der Waals surface area contributed by atoms with E-state index in [2.05, 4.69) is 39.5 Å². The highest BCUT2D eigenvalue weighted by Crippen LogP contribution is 2.14. The molecular formula is C13H26N6. The van der Waals surface area contributed by atoms with Gasteiger partial charge in [-0.15, -0.1) is 5.10 Å². The van der Waals surface area contributed by atoms with Gasteiger partial charge in [0.25, 0.3) is 0 Å². The number of hydrogen-bond donors (Lipinski definition) is 1. The SMILES string of the molecule is CNCc1cn(CCN(C)CC2CCN(C)C2)nn1. The Bertz CT molecular complexity index is 377. The van der Waals surface area contributed by atoms with Crippen molar-refractivity contribution in [3.63, 3.8) is 0 Å². The molecule has 0 amide bonds. The number of nitrogens with one attached hydrogen (secondary N) is 1. The van der Waals surface area contributed by atoms with Crippen molar-refractivity contribution in [2.45, 2.75) is 19.5 Å². The second-order valence-electron chi connectivity index (χ2n) is 5.68. The van der Waals surface area contributed by atoms with Gasteiger partial charge in [-0.3, -0.25) is 4.68 Å². The van der Waals surface area contributed by atoms with E-state index in [4.69, 9.17) is 0 Å². The molecule has 1 unspecified atom stereocenters. The summed E-state index contributed by atoms with van der Waals surface area (Å²) in [7, 11) is 6.33. The first kappa shape index (κ1) is 14.4. The van der Waals surface area contributed by atoms with Crippen LogP contribution < -0.4 is 5.32 Å². The molecule has 1 aromatic heterocycles. The number of likely N-dealkylation sites (tertiary alicyclic amines) is 1. The fourth-order valence-electron chi connectivity index (χ4n) is 2.69. The third-order valence-corrected chi connectivity index (χ3v) is 3.71. The van der Waals surface area contributed by atoms with Crippen molar-refractivity contribution in [2.24, 2.45) is 5.92 Å². The molecule has 0 aromatic carbocycles. The maximum atomic E-state index is 4.14. The lowest BCUT2D eigenvalue weighted by Crippen LogP contribution is -2.30. The van der Waals surface area contributed by atoms with Gasteiger partial charge in [0.1, 0.15) is 0 Å². The van der Waals surface area contributed by atoms with E-state index in [1.807, 2.05) is 17.9 Å². The maximum Gasteiger partial charge on any atom is 0.0964 e. The molecule has 0 saturated carbocycles. The predicted octanol–water partition coefficient (Wildman–Crippen LogP) is -0.119. The van der Waals surface area contributed by atoms with Crippen LogP contribution in [0.15, 0.2) is 6.20 Å². The molecule has 6 nitrogen and oxygen atoms in total. The minimum atomic E-state index is 0.782. The van der Waals surface area contributed by atoms with Gasteiger partial charge in [0.2, 0.25) is 0 Å². The molecule has 1 fully saturated rings. The highest BCUT2D eigenvalue weighted by atomic mass is 15.4. The van der Waals surface area contributed by atoms with Crippen molar-refractivity contribution in [2.75, 3.05) is 47.3 Å². The summed E-state index contributed by atoms with van der Waals surface area (Å²) in [5.74, 6) is 0.825. The Morgan fingerprint density at radius 1 is 1.53 bits per heavy atom. The zero-order chi connectivity index (χ0) is 13.7. The molecule has 2 heterocycles. The molecule has 1 aliphatic rings. The summed E-state index contributed by atoms with van der Waals surface area (Å²) in [5.41, 5.74) is 1.00. The highest BCUT2D eigenvalue weighted by Gasteiger charge is 2.20. The van der Waals surface area contributed by atoms with Gasteiger partial charge in [0.05, 0.1) is 12.2 Å². The van der Waals surface area contributed by atoms with Crippen molar-refractivity contribution in [1.29, 1.82) is 0 Å². The van der Waals surface area contributed by atoms with Crippen molar-refractivity contribution in [3.05, 3.63) is 11.9 Å². The van der Waals surface area contributed by atoms with Gasteiger partial charge < -0.3 is 15.1 Å². The van der Waals surface area contributed by atoms with E-state index >= 15 is 0 Å². The molecule has 6 heteroatoms. The average molecular weight is 266 g/mol. The topological polar surface area (TPSA) is 49.2 Å². The Kier molecular flexibility index (Phi) is 5.30. The van der Waals surface area contributed by atoms with E-state index < -0.39 is 0 Å². The van der Waals surface area contributed by atoms with Gasteiger partial charge in [0.15, 0.2) is 0 Å². The molecule has 0 aliphatic carbocycles. The van der Waals surface area contributed by atoms with Gasteiger partial charge in [-0.1, -0.05) is 5.21 Å². The number of nitrogens with zero attached hydrogens (tertiary/aromatic N) is 5. The van der Waals surface area contributed by atoms with Crippen molar-refractivity contribution in [1.82, 2.24) is 30.1 Å². The number of hydrogen-bond acceptors (Lipinski definition) is 5. The van der Waals surface area contributed by atoms with Crippen LogP contribution in [0, 0.1) is 5.92 Å². The summed E-state index contributed by atoms with van der Waals surface area (Å²) in [6.45, 7) is 6.39. The summed E-state index contributed by atoms with van der Waals surface area (Å²) in [4.78, 5) is 4.82. The standard InChI is InChI=1S/C13H26N6/c1-14-8-13-11-19(16-15-13)7-6-18(3)10-12-4-5-17(2)9-12/h11-12,14H,4-10H2,1-3H3. The monoisotopic (exact) mass is 266 g/mol. The van der Waals surface area contributed by atoms with Crippen molar-refractivity contribution >= 4 is 0 Å². The van der Waals surface area contributed by atoms with Crippen LogP contribution in [-0.4, -0.2) is 72.1 Å². The second kappa shape index (κ2) is 6.98. The Balaban J connectivity index is 1.69. The fourth-order valence-corrected chi connectivity index (χ4v) is 2.69. The van der Waals surface area contributed by atoms with Crippen molar-refractivity contribution < 1.29 is 0 Å². The molecule has 0 spiro atoms. The normalized spacial score (nSPS) is 20.5. The lowest BCUT2D eigenvalue weighted by molar-refractivity contribution is 0.260. The Morgan fingerprint density at radius 3 is 3.05 bits per heavy atom. The van der Waals surface area contributed by atoms with E-state index in [0.29, 0.717) is 0 Å². The second-order valence-corrected chi connectivity index (χ2v) is 5.68. The van der Waals surface area contributed by atoms with Crippen LogP contribution >= 0.6 is 0 Å². The molecule has 2 rings (SSSR count). The van der Waals surface area contributed by atoms with E-state index in [0.717, 1.165) is 31.2 Å². The highest BCUT2D eigenvalue weighted by molar-refractivity contribution is 4.91. The van der Waals surface area contributed by atoms with E-state index in [-0.39, 0.29) is 0 Å². The Labute approximate surface area is 115 Å². The zero-order valence-electron chi connectivity index (χ0n) is 12.3. The quantitative estimate of drug-likeness (QED) is 0.746. The molecular weight excluding hydrogens is 240 g/mol. The van der Waals surface area contributed by atoms with Crippen LogP contribution in [0.5, 0.6) is 0 Å². The minimum Gasteiger partial charge on any atom is -0.314 e. The van der Waals surface area contributed by atoms with E-state index in [1.165, 1.54) is 26.1 Å². The first-order valence-corrected chi connectivity index (χ1v) is 7.08. The van der Waals surface area contributed by atoms with Crippen LogP contribution in [0.2, 0.25) is 0 Å². The molecule has 1 aromatic rings. The summed E-state index contributed by atoms with van der Waals surface area (Å²) >= 11 is 0. The van der Waals surface area contributed by atoms with Gasteiger partial charge >= 0.3 is 0 Å². The maximum absolute atomic E-state index is 4.14. The first-order chi connectivity index (χ1) is 9.17. The van der Waals surface area contributed by atoms with Gasteiger partial charge in [-0.25, -0.2) is 0 Å². The van der Waals surface area contributed by atoms with Gasteiger partial charge in [0, 0.05) is 32.4 Å². The molecule has 19 heavy (non-hydrogen) atoms.